The summed E-state index contributed by atoms with van der Waals surface area (Å²) in [6, 6.07) is 15.3. The summed E-state index contributed by atoms with van der Waals surface area (Å²) in [6.45, 7) is 8.66. The lowest BCUT2D eigenvalue weighted by atomic mass is 10.1. The van der Waals surface area contributed by atoms with Gasteiger partial charge in [0.1, 0.15) is 0 Å². The summed E-state index contributed by atoms with van der Waals surface area (Å²) >= 11 is 7.47. The van der Waals surface area contributed by atoms with E-state index in [1.807, 2.05) is 41.0 Å². The second kappa shape index (κ2) is 11.1. The quantitative estimate of drug-likeness (QED) is 0.298. The van der Waals surface area contributed by atoms with E-state index < -0.39 is 16.1 Å². The third-order valence-corrected chi connectivity index (χ3v) is 7.34. The van der Waals surface area contributed by atoms with Crippen LogP contribution < -0.4 is 4.72 Å². The van der Waals surface area contributed by atoms with Crippen LogP contribution >= 0.6 is 23.4 Å². The summed E-state index contributed by atoms with van der Waals surface area (Å²) in [5.41, 5.74) is 0.996. The van der Waals surface area contributed by atoms with Crippen LogP contribution in [0.5, 0.6) is 0 Å². The van der Waals surface area contributed by atoms with Crippen molar-refractivity contribution in [1.82, 2.24) is 19.5 Å². The molecule has 2 aromatic carbocycles. The molecule has 0 amide bonds. The van der Waals surface area contributed by atoms with Crippen molar-refractivity contribution in [3.05, 3.63) is 83.7 Å². The van der Waals surface area contributed by atoms with Crippen LogP contribution in [-0.2, 0) is 23.0 Å². The molecule has 0 fully saturated rings. The molecule has 9 heteroatoms. The van der Waals surface area contributed by atoms with E-state index in [-0.39, 0.29) is 4.90 Å². The van der Waals surface area contributed by atoms with E-state index in [1.165, 1.54) is 23.9 Å². The number of hydrogen-bond donors (Lipinski definition) is 1. The first-order valence-corrected chi connectivity index (χ1v) is 13.1. The molecule has 0 spiro atoms. The molecule has 0 aliphatic carbocycles. The predicted molar refractivity (Wildman–Crippen MR) is 130 cm³/mol. The highest BCUT2D eigenvalue weighted by Crippen LogP contribution is 2.26. The number of thioether (sulfide) groups is 1. The minimum Gasteiger partial charge on any atom is -0.304 e. The molecule has 1 heterocycles. The van der Waals surface area contributed by atoms with Gasteiger partial charge < -0.3 is 4.57 Å². The van der Waals surface area contributed by atoms with E-state index in [4.69, 9.17) is 11.6 Å². The molecular formula is C23H27ClN4O2S2. The lowest BCUT2D eigenvalue weighted by Crippen LogP contribution is -2.32. The average Bonchev–Trinajstić information content (AvgIpc) is 3.14. The molecule has 3 rings (SSSR count). The Morgan fingerprint density at radius 1 is 1.12 bits per heavy atom. The van der Waals surface area contributed by atoms with Gasteiger partial charge in [-0.05, 0) is 42.2 Å². The Bertz CT molecular complexity index is 1130. The molecule has 6 nitrogen and oxygen atoms in total. The smallest absolute Gasteiger partial charge is 0.241 e. The maximum atomic E-state index is 13.2. The summed E-state index contributed by atoms with van der Waals surface area (Å²) < 4.78 is 31.3. The van der Waals surface area contributed by atoms with Crippen molar-refractivity contribution in [2.24, 2.45) is 5.92 Å². The Labute approximate surface area is 199 Å². The van der Waals surface area contributed by atoms with Gasteiger partial charge in [0.05, 0.1) is 10.9 Å². The zero-order chi connectivity index (χ0) is 23.1. The molecule has 32 heavy (non-hydrogen) atoms. The third-order valence-electron chi connectivity index (χ3n) is 4.64. The maximum absolute atomic E-state index is 13.2. The highest BCUT2D eigenvalue weighted by molar-refractivity contribution is 7.99. The number of aromatic nitrogens is 3. The zero-order valence-electron chi connectivity index (χ0n) is 18.1. The summed E-state index contributed by atoms with van der Waals surface area (Å²) in [5, 5.41) is 10.0. The van der Waals surface area contributed by atoms with Crippen molar-refractivity contribution in [2.45, 2.75) is 42.9 Å². The first kappa shape index (κ1) is 24.5. The fraction of sp³-hybridized carbons (Fsp3) is 0.304. The molecule has 0 aliphatic rings. The highest BCUT2D eigenvalue weighted by Gasteiger charge is 2.27. The van der Waals surface area contributed by atoms with Gasteiger partial charge in [0, 0.05) is 17.3 Å². The van der Waals surface area contributed by atoms with Gasteiger partial charge in [0.2, 0.25) is 10.0 Å². The summed E-state index contributed by atoms with van der Waals surface area (Å²) in [5.74, 6) is 1.61. The van der Waals surface area contributed by atoms with Gasteiger partial charge >= 0.3 is 0 Å². The molecule has 1 atom stereocenters. The standard InChI is InChI=1S/C23H27ClN4O2S2/c1-4-14-31-23-26-25-22(28(23)16-17(2)3)21(15-18-8-6-5-7-9-18)27-32(29,30)20-12-10-19(24)11-13-20/h4-13,17,21,27H,1,14-16H2,2-3H3/t21-/m1/s1. The molecule has 0 radical (unpaired) electrons. The van der Waals surface area contributed by atoms with Gasteiger partial charge in [-0.25, -0.2) is 13.1 Å². The summed E-state index contributed by atoms with van der Waals surface area (Å²) in [7, 11) is -3.81. The Kier molecular flexibility index (Phi) is 8.53. The minimum atomic E-state index is -3.81. The van der Waals surface area contributed by atoms with Crippen LogP contribution in [0.15, 0.2) is 77.3 Å². The molecule has 0 aliphatic heterocycles. The molecule has 3 aromatic rings. The minimum absolute atomic E-state index is 0.149. The third kappa shape index (κ3) is 6.45. The van der Waals surface area contributed by atoms with E-state index in [1.54, 1.807) is 12.1 Å². The summed E-state index contributed by atoms with van der Waals surface area (Å²) in [6.07, 6.45) is 2.25. The Balaban J connectivity index is 2.02. The molecule has 0 bridgehead atoms. The fourth-order valence-corrected chi connectivity index (χ4v) is 5.25. The molecule has 1 aromatic heterocycles. The molecule has 1 N–H and O–H groups in total. The van der Waals surface area contributed by atoms with Crippen LogP contribution in [-0.4, -0.2) is 28.9 Å². The average molecular weight is 491 g/mol. The van der Waals surface area contributed by atoms with Gasteiger partial charge in [0.25, 0.3) is 0 Å². The van der Waals surface area contributed by atoms with E-state index in [0.29, 0.717) is 35.5 Å². The van der Waals surface area contributed by atoms with Crippen molar-refractivity contribution >= 4 is 33.4 Å². The molecule has 170 valence electrons. The number of benzene rings is 2. The van der Waals surface area contributed by atoms with Crippen LogP contribution in [0, 0.1) is 5.92 Å². The van der Waals surface area contributed by atoms with Gasteiger partial charge in [0.15, 0.2) is 11.0 Å². The van der Waals surface area contributed by atoms with Gasteiger partial charge in [-0.2, -0.15) is 0 Å². The largest absolute Gasteiger partial charge is 0.304 e. The first-order chi connectivity index (χ1) is 15.3. The van der Waals surface area contributed by atoms with E-state index in [2.05, 4.69) is 35.3 Å². The van der Waals surface area contributed by atoms with Gasteiger partial charge in [-0.15, -0.1) is 16.8 Å². The van der Waals surface area contributed by atoms with E-state index in [9.17, 15) is 8.42 Å². The van der Waals surface area contributed by atoms with E-state index >= 15 is 0 Å². The van der Waals surface area contributed by atoms with Crippen LogP contribution in [0.1, 0.15) is 31.3 Å². The van der Waals surface area contributed by atoms with Crippen molar-refractivity contribution in [2.75, 3.05) is 5.75 Å². The van der Waals surface area contributed by atoms with Crippen molar-refractivity contribution in [3.8, 4) is 0 Å². The first-order valence-electron chi connectivity index (χ1n) is 10.3. The normalized spacial score (nSPS) is 12.8. The second-order valence-corrected chi connectivity index (χ2v) is 10.9. The number of rotatable bonds is 11. The number of sulfonamides is 1. The zero-order valence-corrected chi connectivity index (χ0v) is 20.5. The number of hydrogen-bond acceptors (Lipinski definition) is 5. The fourth-order valence-electron chi connectivity index (χ4n) is 3.24. The molecule has 0 unspecified atom stereocenters. The lowest BCUT2D eigenvalue weighted by Gasteiger charge is -2.21. The lowest BCUT2D eigenvalue weighted by molar-refractivity contribution is 0.452. The van der Waals surface area contributed by atoms with Crippen molar-refractivity contribution < 1.29 is 8.42 Å². The molecular weight excluding hydrogens is 464 g/mol. The van der Waals surface area contributed by atoms with Crippen molar-refractivity contribution in [1.29, 1.82) is 0 Å². The molecule has 0 saturated carbocycles. The predicted octanol–water partition coefficient (Wildman–Crippen LogP) is 5.13. The van der Waals surface area contributed by atoms with Crippen LogP contribution in [0.3, 0.4) is 0 Å². The maximum Gasteiger partial charge on any atom is 0.241 e. The molecule has 0 saturated heterocycles. The Morgan fingerprint density at radius 2 is 1.81 bits per heavy atom. The van der Waals surface area contributed by atoms with Gasteiger partial charge in [-0.1, -0.05) is 73.6 Å². The van der Waals surface area contributed by atoms with E-state index in [0.717, 1.165) is 10.7 Å². The topological polar surface area (TPSA) is 76.9 Å². The SMILES string of the molecule is C=CCSc1nnc([C@@H](Cc2ccccc2)NS(=O)(=O)c2ccc(Cl)cc2)n1CC(C)C. The van der Waals surface area contributed by atoms with Gasteiger partial charge in [-0.3, -0.25) is 0 Å². The Hall–Kier alpha value is -2.13. The Morgan fingerprint density at radius 3 is 2.44 bits per heavy atom. The highest BCUT2D eigenvalue weighted by atomic mass is 35.5. The van der Waals surface area contributed by atoms with Crippen LogP contribution in [0.4, 0.5) is 0 Å². The van der Waals surface area contributed by atoms with Crippen LogP contribution in [0.25, 0.3) is 0 Å². The summed E-state index contributed by atoms with van der Waals surface area (Å²) in [4.78, 5) is 0.149. The number of nitrogens with one attached hydrogen (secondary N) is 1. The van der Waals surface area contributed by atoms with Crippen molar-refractivity contribution in [3.63, 3.8) is 0 Å². The second-order valence-electron chi connectivity index (χ2n) is 7.76. The monoisotopic (exact) mass is 490 g/mol. The number of halogens is 1. The number of nitrogens with zero attached hydrogens (tertiary/aromatic N) is 3. The van der Waals surface area contributed by atoms with Crippen LogP contribution in [0.2, 0.25) is 5.02 Å².